The predicted octanol–water partition coefficient (Wildman–Crippen LogP) is 4.24. The van der Waals surface area contributed by atoms with Crippen LogP contribution in [0.5, 0.6) is 0 Å². The fourth-order valence-electron chi connectivity index (χ4n) is 5.16. The first kappa shape index (κ1) is 23.8. The molecule has 2 saturated heterocycles. The third-order valence-electron chi connectivity index (χ3n) is 7.33. The van der Waals surface area contributed by atoms with Gasteiger partial charge in [0.15, 0.2) is 0 Å². The summed E-state index contributed by atoms with van der Waals surface area (Å²) >= 11 is 5.89. The molecule has 35 heavy (non-hydrogen) atoms. The van der Waals surface area contributed by atoms with Crippen LogP contribution in [-0.4, -0.2) is 63.5 Å². The van der Waals surface area contributed by atoms with Crippen molar-refractivity contribution in [2.75, 3.05) is 26.8 Å². The van der Waals surface area contributed by atoms with E-state index in [1.807, 2.05) is 28.8 Å². The first-order valence-corrected chi connectivity index (χ1v) is 12.2. The quantitative estimate of drug-likeness (QED) is 0.575. The van der Waals surface area contributed by atoms with Crippen LogP contribution in [0.25, 0.3) is 22.2 Å². The van der Waals surface area contributed by atoms with Crippen LogP contribution >= 0.6 is 11.6 Å². The van der Waals surface area contributed by atoms with E-state index in [1.54, 1.807) is 23.1 Å². The first-order valence-electron chi connectivity index (χ1n) is 11.8. The Labute approximate surface area is 208 Å². The summed E-state index contributed by atoms with van der Waals surface area (Å²) in [6, 6.07) is 8.35. The van der Waals surface area contributed by atoms with Gasteiger partial charge in [-0.1, -0.05) is 17.7 Å². The molecule has 4 heterocycles. The van der Waals surface area contributed by atoms with E-state index in [2.05, 4.69) is 26.1 Å². The molecule has 0 unspecified atom stereocenters. The molecule has 0 saturated carbocycles. The Balaban J connectivity index is 1.49. The highest BCUT2D eigenvalue weighted by molar-refractivity contribution is 6.30. The van der Waals surface area contributed by atoms with E-state index < -0.39 is 11.4 Å². The van der Waals surface area contributed by atoms with Gasteiger partial charge in [-0.3, -0.25) is 14.5 Å². The second-order valence-electron chi connectivity index (χ2n) is 10.5. The number of piperidine rings is 1. The molecule has 0 bridgehead atoms. The molecule has 0 aliphatic carbocycles. The molecule has 0 atom stereocenters. The highest BCUT2D eigenvalue weighted by atomic mass is 35.5. The van der Waals surface area contributed by atoms with Gasteiger partial charge in [0.2, 0.25) is 5.91 Å². The second-order valence-corrected chi connectivity index (χ2v) is 10.9. The van der Waals surface area contributed by atoms with Crippen LogP contribution in [0.15, 0.2) is 36.5 Å². The minimum Gasteiger partial charge on any atom is -0.342 e. The Bertz CT molecular complexity index is 1340. The minimum atomic E-state index is -0.530. The van der Waals surface area contributed by atoms with Crippen LogP contribution in [0, 0.1) is 5.82 Å². The number of benzene rings is 1. The second kappa shape index (κ2) is 8.31. The Morgan fingerprint density at radius 3 is 2.49 bits per heavy atom. The largest absolute Gasteiger partial charge is 0.342 e. The number of likely N-dealkylation sites (tertiary alicyclic amines) is 1. The van der Waals surface area contributed by atoms with E-state index in [0.29, 0.717) is 49.5 Å². The lowest BCUT2D eigenvalue weighted by Crippen LogP contribution is -2.56. The molecular formula is C26H29ClFN5O2. The molecule has 2 fully saturated rings. The van der Waals surface area contributed by atoms with E-state index in [1.165, 1.54) is 6.07 Å². The zero-order chi connectivity index (χ0) is 25.1. The molecule has 9 heteroatoms. The maximum Gasteiger partial charge on any atom is 0.272 e. The van der Waals surface area contributed by atoms with Gasteiger partial charge in [-0.25, -0.2) is 9.37 Å². The number of rotatable bonds is 2. The number of nitrogens with one attached hydrogen (secondary N) is 1. The van der Waals surface area contributed by atoms with Gasteiger partial charge < -0.3 is 14.8 Å². The maximum absolute atomic E-state index is 14.2. The first-order chi connectivity index (χ1) is 16.5. The van der Waals surface area contributed by atoms with Gasteiger partial charge in [-0.2, -0.15) is 0 Å². The predicted molar refractivity (Wildman–Crippen MR) is 134 cm³/mol. The molecule has 2 aromatic heterocycles. The fraction of sp³-hybridized carbons (Fsp3) is 0.423. The average molecular weight is 498 g/mol. The summed E-state index contributed by atoms with van der Waals surface area (Å²) in [5, 5.41) is 3.81. The Morgan fingerprint density at radius 1 is 1.17 bits per heavy atom. The number of amides is 2. The van der Waals surface area contributed by atoms with E-state index in [9.17, 15) is 14.0 Å². The summed E-state index contributed by atoms with van der Waals surface area (Å²) in [6.45, 7) is 7.69. The fourth-order valence-corrected chi connectivity index (χ4v) is 5.27. The van der Waals surface area contributed by atoms with E-state index in [-0.39, 0.29) is 22.4 Å². The van der Waals surface area contributed by atoms with Crippen LogP contribution in [-0.2, 0) is 10.3 Å². The number of pyridine rings is 1. The van der Waals surface area contributed by atoms with Crippen molar-refractivity contribution in [1.82, 2.24) is 24.7 Å². The topological polar surface area (TPSA) is 70.5 Å². The van der Waals surface area contributed by atoms with Crippen molar-refractivity contribution in [3.05, 3.63) is 53.1 Å². The van der Waals surface area contributed by atoms with Crippen LogP contribution in [0.4, 0.5) is 4.39 Å². The van der Waals surface area contributed by atoms with Crippen molar-refractivity contribution in [3.63, 3.8) is 0 Å². The van der Waals surface area contributed by atoms with Gasteiger partial charge in [-0.05, 0) is 70.5 Å². The monoisotopic (exact) mass is 497 g/mol. The summed E-state index contributed by atoms with van der Waals surface area (Å²) < 4.78 is 16.2. The Kier molecular flexibility index (Phi) is 5.64. The van der Waals surface area contributed by atoms with Gasteiger partial charge in [0.25, 0.3) is 5.91 Å². The molecule has 1 aromatic carbocycles. The minimum absolute atomic E-state index is 0.0424. The van der Waals surface area contributed by atoms with Crippen LogP contribution < -0.4 is 5.32 Å². The molecule has 2 aliphatic heterocycles. The van der Waals surface area contributed by atoms with Gasteiger partial charge in [0.1, 0.15) is 22.7 Å². The van der Waals surface area contributed by atoms with Crippen molar-refractivity contribution in [2.24, 2.45) is 0 Å². The number of fused-ring (bicyclic) bond motifs is 1. The lowest BCUT2D eigenvalue weighted by atomic mass is 9.86. The van der Waals surface area contributed by atoms with Crippen molar-refractivity contribution in [2.45, 2.75) is 44.7 Å². The van der Waals surface area contributed by atoms with Gasteiger partial charge in [0.05, 0.1) is 11.7 Å². The number of likely N-dealkylation sites (N-methyl/N-ethyl adjacent to an activating group) is 1. The van der Waals surface area contributed by atoms with Crippen molar-refractivity contribution < 1.29 is 14.0 Å². The van der Waals surface area contributed by atoms with E-state index in [4.69, 9.17) is 16.6 Å². The molecule has 1 N–H and O–H groups in total. The molecule has 184 valence electrons. The van der Waals surface area contributed by atoms with Crippen LogP contribution in [0.2, 0.25) is 5.02 Å². The summed E-state index contributed by atoms with van der Waals surface area (Å²) in [7, 11) is 1.94. The Morgan fingerprint density at radius 2 is 1.89 bits per heavy atom. The lowest BCUT2D eigenvalue weighted by molar-refractivity contribution is -0.128. The average Bonchev–Trinajstić information content (AvgIpc) is 3.34. The third kappa shape index (κ3) is 3.89. The SMILES string of the molecule is CN1CNC(=O)C12CCN(C(=O)c1ccc3c(-c4ccc(Cl)c(F)c4)cn(C(C)(C)C)c3n1)CC2. The molecule has 2 aliphatic rings. The van der Waals surface area contributed by atoms with Crippen molar-refractivity contribution in [1.29, 1.82) is 0 Å². The number of carbonyl (C=O) groups is 2. The molecule has 2 amide bonds. The number of aromatic nitrogens is 2. The van der Waals surface area contributed by atoms with Crippen LogP contribution in [0.3, 0.4) is 0 Å². The smallest absolute Gasteiger partial charge is 0.272 e. The molecule has 3 aromatic rings. The van der Waals surface area contributed by atoms with E-state index >= 15 is 0 Å². The highest BCUT2D eigenvalue weighted by Gasteiger charge is 2.49. The number of halogens is 2. The van der Waals surface area contributed by atoms with Gasteiger partial charge in [0, 0.05) is 35.8 Å². The number of carbonyl (C=O) groups excluding carboxylic acids is 2. The lowest BCUT2D eigenvalue weighted by Gasteiger charge is -2.40. The standard InChI is InChI=1S/C26H29ClFN5O2/c1-25(2,3)33-14-18(16-5-7-19(27)20(28)13-16)17-6-8-21(30-22(17)33)23(34)32-11-9-26(10-12-32)24(35)29-15-31(26)4/h5-8,13-14H,9-12,15H2,1-4H3,(H,29,35). The van der Waals surface area contributed by atoms with E-state index in [0.717, 1.165) is 10.9 Å². The number of hydrogen-bond donors (Lipinski definition) is 1. The summed E-state index contributed by atoms with van der Waals surface area (Å²) in [5.41, 5.74) is 1.70. The normalized spacial score (nSPS) is 18.5. The Hall–Kier alpha value is -2.97. The van der Waals surface area contributed by atoms with Gasteiger partial charge in [-0.15, -0.1) is 0 Å². The highest BCUT2D eigenvalue weighted by Crippen LogP contribution is 2.35. The van der Waals surface area contributed by atoms with Gasteiger partial charge >= 0.3 is 0 Å². The zero-order valence-corrected chi connectivity index (χ0v) is 21.1. The molecule has 5 rings (SSSR count). The van der Waals surface area contributed by atoms with Crippen molar-refractivity contribution >= 4 is 34.4 Å². The summed E-state index contributed by atoms with van der Waals surface area (Å²) in [5.74, 6) is -0.589. The maximum atomic E-state index is 14.2. The summed E-state index contributed by atoms with van der Waals surface area (Å²) in [6.07, 6.45) is 3.13. The molecule has 7 nitrogen and oxygen atoms in total. The molecule has 0 radical (unpaired) electrons. The molecule has 1 spiro atoms. The van der Waals surface area contributed by atoms with Crippen molar-refractivity contribution in [3.8, 4) is 11.1 Å². The number of nitrogens with zero attached hydrogens (tertiary/aromatic N) is 4. The number of hydrogen-bond acceptors (Lipinski definition) is 4. The van der Waals surface area contributed by atoms with Crippen LogP contribution in [0.1, 0.15) is 44.1 Å². The molecular weight excluding hydrogens is 469 g/mol. The third-order valence-corrected chi connectivity index (χ3v) is 7.64. The summed E-state index contributed by atoms with van der Waals surface area (Å²) in [4.78, 5) is 34.4. The zero-order valence-electron chi connectivity index (χ0n) is 20.4.